The maximum atomic E-state index is 14.0. The number of carbonyl (C=O) groups excluding carboxylic acids is 1. The van der Waals surface area contributed by atoms with E-state index in [2.05, 4.69) is 0 Å². The van der Waals surface area contributed by atoms with Gasteiger partial charge in [-0.25, -0.2) is 8.78 Å². The molecule has 3 aromatic rings. The fourth-order valence-electron chi connectivity index (χ4n) is 4.02. The molecule has 31 heavy (non-hydrogen) atoms. The Hall–Kier alpha value is -2.80. The summed E-state index contributed by atoms with van der Waals surface area (Å²) in [4.78, 5) is 15.2. The number of aromatic nitrogens is 1. The largest absolute Gasteiger partial charge is 0.459 e. The van der Waals surface area contributed by atoms with E-state index in [1.165, 1.54) is 24.3 Å². The molecule has 2 heterocycles. The van der Waals surface area contributed by atoms with Crippen LogP contribution in [0.1, 0.15) is 37.6 Å². The van der Waals surface area contributed by atoms with Gasteiger partial charge in [-0.1, -0.05) is 24.4 Å². The van der Waals surface area contributed by atoms with Crippen molar-refractivity contribution in [3.63, 3.8) is 0 Å². The zero-order valence-electron chi connectivity index (χ0n) is 17.7. The highest BCUT2D eigenvalue weighted by atomic mass is 32.1. The lowest BCUT2D eigenvalue weighted by Crippen LogP contribution is -2.38. The van der Waals surface area contributed by atoms with E-state index in [9.17, 15) is 13.6 Å². The maximum absolute atomic E-state index is 14.0. The fourth-order valence-corrected chi connectivity index (χ4v) is 4.41. The minimum atomic E-state index is -0.610. The van der Waals surface area contributed by atoms with Crippen molar-refractivity contribution >= 4 is 34.1 Å². The van der Waals surface area contributed by atoms with Crippen molar-refractivity contribution < 1.29 is 18.3 Å². The number of benzene rings is 2. The summed E-state index contributed by atoms with van der Waals surface area (Å²) >= 11 is 5.82. The van der Waals surface area contributed by atoms with Gasteiger partial charge in [0.05, 0.1) is 5.69 Å². The number of fused-ring (bicyclic) bond motifs is 3. The van der Waals surface area contributed by atoms with Crippen molar-refractivity contribution in [2.24, 2.45) is 0 Å². The first kappa shape index (κ1) is 21.4. The average Bonchev–Trinajstić information content (AvgIpc) is 2.97. The molecule has 0 fully saturated rings. The lowest BCUT2D eigenvalue weighted by atomic mass is 10.0. The van der Waals surface area contributed by atoms with Crippen LogP contribution in [0.25, 0.3) is 10.9 Å². The van der Waals surface area contributed by atoms with Gasteiger partial charge in [0, 0.05) is 24.0 Å². The number of rotatable bonds is 4. The molecule has 162 valence electrons. The Morgan fingerprint density at radius 1 is 1.10 bits per heavy atom. The summed E-state index contributed by atoms with van der Waals surface area (Å²) in [6.45, 7) is 6.63. The molecule has 0 unspecified atom stereocenters. The van der Waals surface area contributed by atoms with Crippen LogP contribution in [0.2, 0.25) is 0 Å². The molecule has 0 aliphatic carbocycles. The van der Waals surface area contributed by atoms with Crippen LogP contribution in [0.5, 0.6) is 0 Å². The molecule has 1 aliphatic heterocycles. The van der Waals surface area contributed by atoms with E-state index in [1.807, 2.05) is 30.2 Å². The van der Waals surface area contributed by atoms with Crippen LogP contribution in [-0.4, -0.2) is 32.6 Å². The predicted octanol–water partition coefficient (Wildman–Crippen LogP) is 5.00. The molecule has 7 heteroatoms. The van der Waals surface area contributed by atoms with E-state index in [1.54, 1.807) is 18.2 Å². The first-order valence-electron chi connectivity index (χ1n) is 10.2. The zero-order valence-corrected chi connectivity index (χ0v) is 18.6. The molecule has 0 spiro atoms. The van der Waals surface area contributed by atoms with Gasteiger partial charge >= 0.3 is 5.97 Å². The van der Waals surface area contributed by atoms with E-state index in [0.717, 1.165) is 27.7 Å². The first-order chi connectivity index (χ1) is 14.6. The Morgan fingerprint density at radius 3 is 2.45 bits per heavy atom. The smallest absolute Gasteiger partial charge is 0.326 e. The number of hydrogen-bond acceptors (Lipinski definition) is 3. The molecule has 0 bridgehead atoms. The van der Waals surface area contributed by atoms with Crippen molar-refractivity contribution in [2.75, 3.05) is 6.54 Å². The van der Waals surface area contributed by atoms with Crippen molar-refractivity contribution in [3.8, 4) is 0 Å². The van der Waals surface area contributed by atoms with Crippen LogP contribution in [0.15, 0.2) is 42.5 Å². The highest BCUT2D eigenvalue weighted by molar-refractivity contribution is 7.80. The third-order valence-corrected chi connectivity index (χ3v) is 5.70. The number of carbonyl (C=O) groups is 1. The number of esters is 1. The summed E-state index contributed by atoms with van der Waals surface area (Å²) in [5, 5.41) is 0.766. The molecular weight excluding hydrogens is 418 g/mol. The SMILES string of the molecule is CC(C)(C)OC(=O)Cn1c2c(c3cc(F)ccc31)CCN(Cc1ccc(F)cc1)C2=S. The van der Waals surface area contributed by atoms with E-state index in [4.69, 9.17) is 17.0 Å². The van der Waals surface area contributed by atoms with Crippen LogP contribution in [0, 0.1) is 11.6 Å². The van der Waals surface area contributed by atoms with Crippen LogP contribution < -0.4 is 0 Å². The third kappa shape index (κ3) is 4.46. The highest BCUT2D eigenvalue weighted by Gasteiger charge is 2.30. The molecule has 0 saturated heterocycles. The Bertz CT molecular complexity index is 1160. The standard InChI is InChI=1S/C24H24F2N2O2S/c1-24(2,3)30-21(29)14-28-20-9-8-17(26)12-19(20)18-10-11-27(23(31)22(18)28)13-15-4-6-16(25)7-5-15/h4-9,12H,10-11,13-14H2,1-3H3. The minimum Gasteiger partial charge on any atom is -0.459 e. The Balaban J connectivity index is 1.73. The Kier molecular flexibility index (Phi) is 5.56. The molecular formula is C24H24F2N2O2S. The van der Waals surface area contributed by atoms with Gasteiger partial charge in [0.1, 0.15) is 28.8 Å². The molecule has 1 aliphatic rings. The van der Waals surface area contributed by atoms with E-state index < -0.39 is 5.60 Å². The quantitative estimate of drug-likeness (QED) is 0.421. The summed E-state index contributed by atoms with van der Waals surface area (Å²) in [5.74, 6) is -0.994. The van der Waals surface area contributed by atoms with Crippen LogP contribution in [-0.2, 0) is 29.0 Å². The Labute approximate surface area is 185 Å². The average molecular weight is 443 g/mol. The highest BCUT2D eigenvalue weighted by Crippen LogP contribution is 2.33. The predicted molar refractivity (Wildman–Crippen MR) is 120 cm³/mol. The second kappa shape index (κ2) is 8.04. The summed E-state index contributed by atoms with van der Waals surface area (Å²) < 4.78 is 34.6. The van der Waals surface area contributed by atoms with Gasteiger partial charge in [0.15, 0.2) is 0 Å². The molecule has 1 aromatic heterocycles. The lowest BCUT2D eigenvalue weighted by molar-refractivity contribution is -0.155. The molecule has 0 radical (unpaired) electrons. The van der Waals surface area contributed by atoms with Crippen molar-refractivity contribution in [1.82, 2.24) is 9.47 Å². The molecule has 0 saturated carbocycles. The molecule has 4 rings (SSSR count). The van der Waals surface area contributed by atoms with Crippen molar-refractivity contribution in [2.45, 2.75) is 45.9 Å². The molecule has 0 atom stereocenters. The van der Waals surface area contributed by atoms with Crippen LogP contribution in [0.4, 0.5) is 8.78 Å². The van der Waals surface area contributed by atoms with Gasteiger partial charge in [-0.3, -0.25) is 4.79 Å². The third-order valence-electron chi connectivity index (χ3n) is 5.25. The maximum Gasteiger partial charge on any atom is 0.326 e. The summed E-state index contributed by atoms with van der Waals surface area (Å²) in [7, 11) is 0. The van der Waals surface area contributed by atoms with Crippen molar-refractivity contribution in [1.29, 1.82) is 0 Å². The van der Waals surface area contributed by atoms with Gasteiger partial charge in [-0.05, 0) is 68.7 Å². The zero-order chi connectivity index (χ0) is 22.3. The number of halogens is 2. The molecule has 0 amide bonds. The summed E-state index contributed by atoms with van der Waals surface area (Å²) in [6.07, 6.45) is 0.665. The summed E-state index contributed by atoms with van der Waals surface area (Å²) in [6, 6.07) is 10.9. The van der Waals surface area contributed by atoms with E-state index in [-0.39, 0.29) is 24.1 Å². The fraction of sp³-hybridized carbons (Fsp3) is 0.333. The van der Waals surface area contributed by atoms with Gasteiger partial charge in [-0.2, -0.15) is 0 Å². The van der Waals surface area contributed by atoms with Gasteiger partial charge in [0.2, 0.25) is 0 Å². The minimum absolute atomic E-state index is 0.0146. The molecule has 4 nitrogen and oxygen atoms in total. The van der Waals surface area contributed by atoms with Gasteiger partial charge in [0.25, 0.3) is 0 Å². The summed E-state index contributed by atoms with van der Waals surface area (Å²) in [5.41, 5.74) is 2.77. The number of thiocarbonyl (C=S) groups is 1. The van der Waals surface area contributed by atoms with Crippen LogP contribution in [0.3, 0.4) is 0 Å². The van der Waals surface area contributed by atoms with Gasteiger partial charge in [-0.15, -0.1) is 0 Å². The second-order valence-electron chi connectivity index (χ2n) is 8.76. The lowest BCUT2D eigenvalue weighted by Gasteiger charge is -2.31. The normalized spacial score (nSPS) is 14.1. The molecule has 2 aromatic carbocycles. The topological polar surface area (TPSA) is 34.5 Å². The van der Waals surface area contributed by atoms with E-state index >= 15 is 0 Å². The molecule has 0 N–H and O–H groups in total. The Morgan fingerprint density at radius 2 is 1.77 bits per heavy atom. The van der Waals surface area contributed by atoms with Crippen LogP contribution >= 0.6 is 12.2 Å². The van der Waals surface area contributed by atoms with Crippen molar-refractivity contribution in [3.05, 3.63) is 70.9 Å². The van der Waals surface area contributed by atoms with Gasteiger partial charge < -0.3 is 14.2 Å². The van der Waals surface area contributed by atoms with E-state index in [0.29, 0.717) is 24.5 Å². The number of hydrogen-bond donors (Lipinski definition) is 0. The second-order valence-corrected chi connectivity index (χ2v) is 9.15. The number of nitrogens with zero attached hydrogens (tertiary/aromatic N) is 2. The first-order valence-corrected chi connectivity index (χ1v) is 10.6. The number of ether oxygens (including phenoxy) is 1. The monoisotopic (exact) mass is 442 g/mol.